The average Bonchev–Trinajstić information content (AvgIpc) is 3.06. The molecule has 1 aromatic heterocycles. The largest absolute Gasteiger partial charge is 0.381 e. The number of aromatic nitrogens is 1. The van der Waals surface area contributed by atoms with Gasteiger partial charge in [0.25, 0.3) is 0 Å². The molecule has 0 bridgehead atoms. The standard InChI is InChI=1S/C19H26N2O4/c22-19(15-5-9-23-10-6-15)21-12-17(18-16(21)4-2-8-24-18)25-13-14-3-1-7-20-11-14/h1,3,7,11,15-18H,2,4-6,8-10,12-13H2/t16-,17+,18-/m0/s1. The minimum Gasteiger partial charge on any atom is -0.381 e. The van der Waals surface area contributed by atoms with Crippen LogP contribution in [0.1, 0.15) is 31.2 Å². The lowest BCUT2D eigenvalue weighted by Crippen LogP contribution is -2.46. The smallest absolute Gasteiger partial charge is 0.226 e. The summed E-state index contributed by atoms with van der Waals surface area (Å²) in [6, 6.07) is 4.07. The van der Waals surface area contributed by atoms with Crippen LogP contribution >= 0.6 is 0 Å². The molecule has 3 fully saturated rings. The Labute approximate surface area is 148 Å². The van der Waals surface area contributed by atoms with Gasteiger partial charge < -0.3 is 19.1 Å². The Hall–Kier alpha value is -1.50. The van der Waals surface area contributed by atoms with Crippen molar-refractivity contribution in [1.29, 1.82) is 0 Å². The minimum atomic E-state index is -0.0608. The first-order valence-corrected chi connectivity index (χ1v) is 9.33. The zero-order valence-electron chi connectivity index (χ0n) is 14.5. The van der Waals surface area contributed by atoms with E-state index in [0.717, 1.165) is 37.9 Å². The second kappa shape index (κ2) is 7.81. The van der Waals surface area contributed by atoms with Crippen LogP contribution in [0, 0.1) is 5.92 Å². The van der Waals surface area contributed by atoms with Crippen molar-refractivity contribution in [3.05, 3.63) is 30.1 Å². The SMILES string of the molecule is O=C(C1CCOCC1)N1C[C@@H](OCc2cccnc2)[C@H]2OCCC[C@@H]21. The second-order valence-electron chi connectivity index (χ2n) is 7.13. The summed E-state index contributed by atoms with van der Waals surface area (Å²) < 4.78 is 17.6. The van der Waals surface area contributed by atoms with Gasteiger partial charge in [-0.1, -0.05) is 6.07 Å². The van der Waals surface area contributed by atoms with E-state index in [9.17, 15) is 4.79 Å². The monoisotopic (exact) mass is 346 g/mol. The summed E-state index contributed by atoms with van der Waals surface area (Å²) in [4.78, 5) is 19.2. The van der Waals surface area contributed by atoms with Crippen LogP contribution in [0.15, 0.2) is 24.5 Å². The molecule has 0 aliphatic carbocycles. The third-order valence-electron chi connectivity index (χ3n) is 5.52. The van der Waals surface area contributed by atoms with E-state index in [1.807, 2.05) is 23.2 Å². The quantitative estimate of drug-likeness (QED) is 0.832. The summed E-state index contributed by atoms with van der Waals surface area (Å²) in [5.41, 5.74) is 1.05. The first-order valence-electron chi connectivity index (χ1n) is 9.33. The number of carbonyl (C=O) groups excluding carboxylic acids is 1. The first-order chi connectivity index (χ1) is 12.3. The molecule has 3 aliphatic rings. The van der Waals surface area contributed by atoms with Crippen LogP contribution in [-0.4, -0.2) is 60.4 Å². The Morgan fingerprint density at radius 3 is 2.96 bits per heavy atom. The molecule has 1 aromatic rings. The maximum absolute atomic E-state index is 13.0. The maximum Gasteiger partial charge on any atom is 0.226 e. The van der Waals surface area contributed by atoms with Crippen LogP contribution in [0.2, 0.25) is 0 Å². The van der Waals surface area contributed by atoms with Crippen LogP contribution in [0.4, 0.5) is 0 Å². The molecule has 136 valence electrons. The van der Waals surface area contributed by atoms with Gasteiger partial charge in [0.2, 0.25) is 5.91 Å². The Bertz CT molecular complexity index is 576. The highest BCUT2D eigenvalue weighted by Crippen LogP contribution is 2.33. The lowest BCUT2D eigenvalue weighted by atomic mass is 9.97. The van der Waals surface area contributed by atoms with E-state index >= 15 is 0 Å². The van der Waals surface area contributed by atoms with Crippen LogP contribution in [-0.2, 0) is 25.6 Å². The highest BCUT2D eigenvalue weighted by atomic mass is 16.5. The zero-order valence-corrected chi connectivity index (χ0v) is 14.5. The van der Waals surface area contributed by atoms with Crippen molar-refractivity contribution in [3.8, 4) is 0 Å². The van der Waals surface area contributed by atoms with Gasteiger partial charge >= 0.3 is 0 Å². The van der Waals surface area contributed by atoms with Crippen LogP contribution < -0.4 is 0 Å². The van der Waals surface area contributed by atoms with Crippen LogP contribution in [0.25, 0.3) is 0 Å². The highest BCUT2D eigenvalue weighted by molar-refractivity contribution is 5.79. The van der Waals surface area contributed by atoms with Crippen molar-refractivity contribution in [1.82, 2.24) is 9.88 Å². The van der Waals surface area contributed by atoms with E-state index in [1.54, 1.807) is 6.20 Å². The van der Waals surface area contributed by atoms with Gasteiger partial charge in [-0.3, -0.25) is 9.78 Å². The molecule has 1 amide bonds. The number of carbonyl (C=O) groups is 1. The van der Waals surface area contributed by atoms with Crippen LogP contribution in [0.5, 0.6) is 0 Å². The van der Waals surface area contributed by atoms with Crippen molar-refractivity contribution in [2.24, 2.45) is 5.92 Å². The molecule has 0 aromatic carbocycles. The first kappa shape index (κ1) is 16.9. The van der Waals surface area contributed by atoms with E-state index in [4.69, 9.17) is 14.2 Å². The van der Waals surface area contributed by atoms with E-state index in [2.05, 4.69) is 4.98 Å². The predicted octanol–water partition coefficient (Wildman–Crippen LogP) is 1.78. The van der Waals surface area contributed by atoms with Crippen molar-refractivity contribution in [2.75, 3.05) is 26.4 Å². The van der Waals surface area contributed by atoms with Gasteiger partial charge in [0.05, 0.1) is 12.6 Å². The number of amides is 1. The molecule has 3 saturated heterocycles. The summed E-state index contributed by atoms with van der Waals surface area (Å²) >= 11 is 0. The summed E-state index contributed by atoms with van der Waals surface area (Å²) in [5.74, 6) is 0.352. The Morgan fingerprint density at radius 2 is 2.16 bits per heavy atom. The number of rotatable bonds is 4. The van der Waals surface area contributed by atoms with Crippen molar-refractivity contribution >= 4 is 5.91 Å². The van der Waals surface area contributed by atoms with E-state index in [-0.39, 0.29) is 30.1 Å². The molecular weight excluding hydrogens is 320 g/mol. The number of nitrogens with zero attached hydrogens (tertiary/aromatic N) is 2. The van der Waals surface area contributed by atoms with E-state index < -0.39 is 0 Å². The molecule has 4 rings (SSSR count). The fourth-order valence-corrected chi connectivity index (χ4v) is 4.18. The molecule has 0 radical (unpaired) electrons. The Balaban J connectivity index is 1.43. The third-order valence-corrected chi connectivity index (χ3v) is 5.52. The number of hydrogen-bond acceptors (Lipinski definition) is 5. The molecule has 6 nitrogen and oxygen atoms in total. The molecular formula is C19H26N2O4. The van der Waals surface area contributed by atoms with Gasteiger partial charge in [-0.25, -0.2) is 0 Å². The van der Waals surface area contributed by atoms with Crippen LogP contribution in [0.3, 0.4) is 0 Å². The summed E-state index contributed by atoms with van der Waals surface area (Å²) in [6.07, 6.45) is 7.18. The molecule has 0 saturated carbocycles. The Morgan fingerprint density at radius 1 is 1.28 bits per heavy atom. The van der Waals surface area contributed by atoms with Gasteiger partial charge in [0.15, 0.2) is 0 Å². The lowest BCUT2D eigenvalue weighted by molar-refractivity contribution is -0.142. The molecule has 4 heterocycles. The molecule has 0 N–H and O–H groups in total. The third kappa shape index (κ3) is 3.71. The molecule has 0 unspecified atom stereocenters. The summed E-state index contributed by atoms with van der Waals surface area (Å²) in [7, 11) is 0. The number of pyridine rings is 1. The molecule has 0 spiro atoms. The van der Waals surface area contributed by atoms with Crippen molar-refractivity contribution in [3.63, 3.8) is 0 Å². The second-order valence-corrected chi connectivity index (χ2v) is 7.13. The normalized spacial score (nSPS) is 30.2. The number of likely N-dealkylation sites (tertiary alicyclic amines) is 1. The van der Waals surface area contributed by atoms with Gasteiger partial charge in [-0.2, -0.15) is 0 Å². The minimum absolute atomic E-state index is 0.00536. The topological polar surface area (TPSA) is 60.9 Å². The van der Waals surface area contributed by atoms with Gasteiger partial charge in [-0.15, -0.1) is 0 Å². The number of fused-ring (bicyclic) bond motifs is 1. The fraction of sp³-hybridized carbons (Fsp3) is 0.684. The molecule has 6 heteroatoms. The molecule has 3 aliphatic heterocycles. The average molecular weight is 346 g/mol. The summed E-state index contributed by atoms with van der Waals surface area (Å²) in [6.45, 7) is 3.27. The van der Waals surface area contributed by atoms with Crippen molar-refractivity contribution < 1.29 is 19.0 Å². The molecule has 25 heavy (non-hydrogen) atoms. The van der Waals surface area contributed by atoms with Gasteiger partial charge in [0, 0.05) is 44.7 Å². The number of hydrogen-bond donors (Lipinski definition) is 0. The lowest BCUT2D eigenvalue weighted by Gasteiger charge is -2.34. The summed E-state index contributed by atoms with van der Waals surface area (Å²) in [5, 5.41) is 0. The fourth-order valence-electron chi connectivity index (χ4n) is 4.18. The van der Waals surface area contributed by atoms with Gasteiger partial charge in [-0.05, 0) is 37.3 Å². The van der Waals surface area contributed by atoms with Crippen molar-refractivity contribution in [2.45, 2.75) is 50.5 Å². The van der Waals surface area contributed by atoms with E-state index in [1.165, 1.54) is 0 Å². The van der Waals surface area contributed by atoms with Gasteiger partial charge in [0.1, 0.15) is 12.2 Å². The maximum atomic E-state index is 13.0. The predicted molar refractivity (Wildman–Crippen MR) is 90.8 cm³/mol. The Kier molecular flexibility index (Phi) is 5.29. The molecule has 3 atom stereocenters. The number of ether oxygens (including phenoxy) is 3. The zero-order chi connectivity index (χ0) is 17.1. The highest BCUT2D eigenvalue weighted by Gasteiger charge is 2.47. The van der Waals surface area contributed by atoms with E-state index in [0.29, 0.717) is 26.4 Å².